The number of nitrogens with one attached hydrogen (secondary N) is 1. The lowest BCUT2D eigenvalue weighted by Crippen LogP contribution is -2.49. The number of likely N-dealkylation sites (tertiary alicyclic amines) is 1. The number of hydrogen-bond acceptors (Lipinski definition) is 7. The number of rotatable bonds is 3. The van der Waals surface area contributed by atoms with Crippen molar-refractivity contribution in [1.82, 2.24) is 25.2 Å². The third-order valence-electron chi connectivity index (χ3n) is 3.64. The molecular weight excluding hydrogens is 318 g/mol. The highest BCUT2D eigenvalue weighted by molar-refractivity contribution is 7.08. The van der Waals surface area contributed by atoms with Gasteiger partial charge in [-0.3, -0.25) is 9.59 Å². The molecule has 0 saturated carbocycles. The second-order valence-electron chi connectivity index (χ2n) is 5.18. The van der Waals surface area contributed by atoms with Crippen molar-refractivity contribution in [3.05, 3.63) is 50.9 Å². The van der Waals surface area contributed by atoms with Crippen LogP contribution in [0.1, 0.15) is 22.3 Å². The fraction of sp³-hybridized carbons (Fsp3) is 0.214. The molecule has 0 spiro atoms. The molecule has 9 heteroatoms. The Labute approximate surface area is 133 Å². The van der Waals surface area contributed by atoms with Crippen LogP contribution in [0.3, 0.4) is 0 Å². The van der Waals surface area contributed by atoms with E-state index < -0.39 is 0 Å². The molecule has 0 radical (unpaired) electrons. The van der Waals surface area contributed by atoms with Crippen LogP contribution in [-0.4, -0.2) is 44.2 Å². The Kier molecular flexibility index (Phi) is 3.27. The molecule has 3 aromatic rings. The lowest BCUT2D eigenvalue weighted by molar-refractivity contribution is 0.0562. The van der Waals surface area contributed by atoms with Gasteiger partial charge in [-0.1, -0.05) is 5.16 Å². The second kappa shape index (κ2) is 5.43. The van der Waals surface area contributed by atoms with Crippen molar-refractivity contribution in [2.75, 3.05) is 13.1 Å². The number of hydrogen-bond donors (Lipinski definition) is 1. The zero-order valence-electron chi connectivity index (χ0n) is 11.8. The Bertz CT molecular complexity index is 875. The molecule has 1 saturated heterocycles. The van der Waals surface area contributed by atoms with Crippen LogP contribution < -0.4 is 5.56 Å². The van der Waals surface area contributed by atoms with Gasteiger partial charge >= 0.3 is 0 Å². The number of nitrogens with zero attached hydrogens (tertiary/aromatic N) is 4. The van der Waals surface area contributed by atoms with Gasteiger partial charge in [0.15, 0.2) is 0 Å². The van der Waals surface area contributed by atoms with E-state index in [0.717, 1.165) is 5.56 Å². The number of thiophene rings is 1. The Morgan fingerprint density at radius 3 is 2.91 bits per heavy atom. The molecule has 1 amide bonds. The summed E-state index contributed by atoms with van der Waals surface area (Å²) >= 11 is 1.57. The topological polar surface area (TPSA) is 105 Å². The highest BCUT2D eigenvalue weighted by Gasteiger charge is 2.36. The molecule has 0 bridgehead atoms. The third-order valence-corrected chi connectivity index (χ3v) is 4.32. The molecule has 23 heavy (non-hydrogen) atoms. The van der Waals surface area contributed by atoms with E-state index in [0.29, 0.717) is 24.8 Å². The van der Waals surface area contributed by atoms with Crippen LogP contribution in [0.5, 0.6) is 0 Å². The number of aromatic nitrogens is 4. The van der Waals surface area contributed by atoms with Crippen LogP contribution in [0.2, 0.25) is 0 Å². The molecule has 0 atom stereocenters. The summed E-state index contributed by atoms with van der Waals surface area (Å²) in [4.78, 5) is 29.2. The standard InChI is InChI=1S/C14H11N5O3S/c20-11-2-1-10(16-17-11)14(21)19-5-9(6-19)13-15-12(18-22-13)8-3-4-23-7-8/h1-4,7,9H,5-6H2,(H,17,20). The Morgan fingerprint density at radius 1 is 1.35 bits per heavy atom. The molecule has 4 rings (SSSR count). The maximum Gasteiger partial charge on any atom is 0.274 e. The number of H-pyrrole nitrogens is 1. The predicted octanol–water partition coefficient (Wildman–Crippen LogP) is 1.12. The summed E-state index contributed by atoms with van der Waals surface area (Å²) in [7, 11) is 0. The number of carbonyl (C=O) groups excluding carboxylic acids is 1. The Balaban J connectivity index is 1.42. The molecule has 116 valence electrons. The van der Waals surface area contributed by atoms with Gasteiger partial charge < -0.3 is 9.42 Å². The van der Waals surface area contributed by atoms with Crippen molar-refractivity contribution in [3.8, 4) is 11.4 Å². The molecule has 0 aromatic carbocycles. The fourth-order valence-corrected chi connectivity index (χ4v) is 2.97. The molecule has 3 aromatic heterocycles. The van der Waals surface area contributed by atoms with Crippen LogP contribution in [0, 0.1) is 0 Å². The molecule has 1 N–H and O–H groups in total. The van der Waals surface area contributed by atoms with Crippen LogP contribution in [0.15, 0.2) is 38.3 Å². The SMILES string of the molecule is O=C(c1ccc(=O)[nH]n1)N1CC(c2nc(-c3ccsc3)no2)C1. The lowest BCUT2D eigenvalue weighted by Gasteiger charge is -2.36. The van der Waals surface area contributed by atoms with E-state index in [4.69, 9.17) is 4.52 Å². The first-order valence-electron chi connectivity index (χ1n) is 6.92. The molecule has 1 fully saturated rings. The quantitative estimate of drug-likeness (QED) is 0.772. The molecule has 4 heterocycles. The summed E-state index contributed by atoms with van der Waals surface area (Å²) in [5.41, 5.74) is 0.803. The monoisotopic (exact) mass is 329 g/mol. The van der Waals surface area contributed by atoms with Gasteiger partial charge in [-0.15, -0.1) is 0 Å². The smallest absolute Gasteiger partial charge is 0.274 e. The van der Waals surface area contributed by atoms with Gasteiger partial charge in [0.05, 0.1) is 5.92 Å². The van der Waals surface area contributed by atoms with Gasteiger partial charge in [0, 0.05) is 30.1 Å². The third kappa shape index (κ3) is 2.55. The van der Waals surface area contributed by atoms with Gasteiger partial charge in [0.1, 0.15) is 5.69 Å². The van der Waals surface area contributed by atoms with E-state index in [2.05, 4.69) is 20.3 Å². The highest BCUT2D eigenvalue weighted by Crippen LogP contribution is 2.28. The summed E-state index contributed by atoms with van der Waals surface area (Å²) in [6, 6.07) is 4.62. The summed E-state index contributed by atoms with van der Waals surface area (Å²) in [5.74, 6) is 0.898. The van der Waals surface area contributed by atoms with E-state index >= 15 is 0 Å². The molecule has 1 aliphatic rings. The average molecular weight is 329 g/mol. The number of amides is 1. The zero-order valence-corrected chi connectivity index (χ0v) is 12.6. The average Bonchev–Trinajstić information content (AvgIpc) is 3.17. The minimum absolute atomic E-state index is 0.0293. The van der Waals surface area contributed by atoms with E-state index in [1.165, 1.54) is 12.1 Å². The van der Waals surface area contributed by atoms with Crippen molar-refractivity contribution < 1.29 is 9.32 Å². The molecule has 1 aliphatic heterocycles. The van der Waals surface area contributed by atoms with Gasteiger partial charge in [0.25, 0.3) is 11.5 Å². The summed E-state index contributed by atoms with van der Waals surface area (Å²) in [6.07, 6.45) is 0. The van der Waals surface area contributed by atoms with Gasteiger partial charge in [0.2, 0.25) is 11.7 Å². The minimum atomic E-state index is -0.338. The first kappa shape index (κ1) is 13.8. The number of aromatic amines is 1. The Hall–Kier alpha value is -2.81. The van der Waals surface area contributed by atoms with Crippen molar-refractivity contribution in [2.45, 2.75) is 5.92 Å². The maximum absolute atomic E-state index is 12.2. The minimum Gasteiger partial charge on any atom is -0.339 e. The summed E-state index contributed by atoms with van der Waals surface area (Å²) in [6.45, 7) is 0.982. The van der Waals surface area contributed by atoms with Crippen LogP contribution in [0.25, 0.3) is 11.4 Å². The van der Waals surface area contributed by atoms with E-state index in [9.17, 15) is 9.59 Å². The number of carbonyl (C=O) groups is 1. The molecule has 8 nitrogen and oxygen atoms in total. The predicted molar refractivity (Wildman–Crippen MR) is 81.1 cm³/mol. The fourth-order valence-electron chi connectivity index (χ4n) is 2.34. The van der Waals surface area contributed by atoms with Crippen LogP contribution in [0.4, 0.5) is 0 Å². The zero-order chi connectivity index (χ0) is 15.8. The van der Waals surface area contributed by atoms with Crippen molar-refractivity contribution in [2.24, 2.45) is 0 Å². The normalized spacial score (nSPS) is 14.7. The first-order valence-corrected chi connectivity index (χ1v) is 7.86. The molecule has 0 unspecified atom stereocenters. The Morgan fingerprint density at radius 2 is 2.22 bits per heavy atom. The summed E-state index contributed by atoms with van der Waals surface area (Å²) in [5, 5.41) is 13.9. The van der Waals surface area contributed by atoms with Gasteiger partial charge in [-0.25, -0.2) is 5.10 Å². The van der Waals surface area contributed by atoms with E-state index in [1.807, 2.05) is 16.8 Å². The lowest BCUT2D eigenvalue weighted by atomic mass is 9.99. The first-order chi connectivity index (χ1) is 11.2. The summed E-state index contributed by atoms with van der Waals surface area (Å²) < 4.78 is 5.28. The van der Waals surface area contributed by atoms with Crippen LogP contribution in [-0.2, 0) is 0 Å². The van der Waals surface area contributed by atoms with Gasteiger partial charge in [-0.05, 0) is 17.5 Å². The van der Waals surface area contributed by atoms with Crippen molar-refractivity contribution in [3.63, 3.8) is 0 Å². The largest absolute Gasteiger partial charge is 0.339 e. The molecule has 0 aliphatic carbocycles. The van der Waals surface area contributed by atoms with Crippen molar-refractivity contribution in [1.29, 1.82) is 0 Å². The second-order valence-corrected chi connectivity index (χ2v) is 5.96. The van der Waals surface area contributed by atoms with Crippen LogP contribution >= 0.6 is 11.3 Å². The molecular formula is C14H11N5O3S. The van der Waals surface area contributed by atoms with Gasteiger partial charge in [-0.2, -0.15) is 21.4 Å². The maximum atomic E-state index is 12.2. The van der Waals surface area contributed by atoms with Crippen molar-refractivity contribution >= 4 is 17.2 Å². The van der Waals surface area contributed by atoms with E-state index in [1.54, 1.807) is 16.2 Å². The highest BCUT2D eigenvalue weighted by atomic mass is 32.1. The van der Waals surface area contributed by atoms with E-state index in [-0.39, 0.29) is 23.1 Å².